The smallest absolute Gasteiger partial charge is 0.241 e. The van der Waals surface area contributed by atoms with E-state index in [9.17, 15) is 18.0 Å². The van der Waals surface area contributed by atoms with Crippen LogP contribution in [0.5, 0.6) is 0 Å². The summed E-state index contributed by atoms with van der Waals surface area (Å²) in [5.41, 5.74) is 2.50. The predicted molar refractivity (Wildman–Crippen MR) is 117 cm³/mol. The highest BCUT2D eigenvalue weighted by molar-refractivity contribution is 7.89. The third-order valence-corrected chi connectivity index (χ3v) is 6.84. The number of sulfonamides is 1. The summed E-state index contributed by atoms with van der Waals surface area (Å²) in [6.07, 6.45) is 0.855. The molecule has 8 nitrogen and oxygen atoms in total. The van der Waals surface area contributed by atoms with Crippen molar-refractivity contribution in [3.05, 3.63) is 59.7 Å². The molecule has 0 radical (unpaired) electrons. The second kappa shape index (κ2) is 8.41. The van der Waals surface area contributed by atoms with Crippen LogP contribution < -0.4 is 15.4 Å². The maximum absolute atomic E-state index is 13.4. The first kappa shape index (κ1) is 21.5. The number of amides is 2. The zero-order valence-corrected chi connectivity index (χ0v) is 18.1. The summed E-state index contributed by atoms with van der Waals surface area (Å²) in [6.45, 7) is 3.15. The Balaban J connectivity index is 1.59. The van der Waals surface area contributed by atoms with Crippen LogP contribution in [-0.4, -0.2) is 50.8 Å². The van der Waals surface area contributed by atoms with Gasteiger partial charge in [-0.3, -0.25) is 14.5 Å². The fourth-order valence-corrected chi connectivity index (χ4v) is 5.04. The van der Waals surface area contributed by atoms with E-state index in [1.54, 1.807) is 17.0 Å². The molecule has 1 fully saturated rings. The van der Waals surface area contributed by atoms with Gasteiger partial charge < -0.3 is 10.2 Å². The van der Waals surface area contributed by atoms with Crippen LogP contribution in [0.3, 0.4) is 0 Å². The molecule has 0 spiro atoms. The minimum absolute atomic E-state index is 0.0285. The fourth-order valence-electron chi connectivity index (χ4n) is 4.48. The first-order valence-corrected chi connectivity index (χ1v) is 11.8. The van der Waals surface area contributed by atoms with Crippen LogP contribution in [0, 0.1) is 0 Å². The van der Waals surface area contributed by atoms with E-state index < -0.39 is 10.0 Å². The van der Waals surface area contributed by atoms with E-state index in [-0.39, 0.29) is 35.3 Å². The Hall–Kier alpha value is -2.75. The van der Waals surface area contributed by atoms with Gasteiger partial charge in [0.15, 0.2) is 0 Å². The van der Waals surface area contributed by atoms with Crippen LogP contribution in [0.15, 0.2) is 53.4 Å². The second-order valence-electron chi connectivity index (χ2n) is 8.10. The molecule has 4 rings (SSSR count). The van der Waals surface area contributed by atoms with Gasteiger partial charge in [0.2, 0.25) is 21.8 Å². The first-order chi connectivity index (χ1) is 14.7. The third kappa shape index (κ3) is 4.48. The number of benzene rings is 2. The molecule has 164 valence electrons. The largest absolute Gasteiger partial charge is 0.355 e. The molecule has 0 aromatic heterocycles. The van der Waals surface area contributed by atoms with Gasteiger partial charge in [-0.1, -0.05) is 30.3 Å². The summed E-state index contributed by atoms with van der Waals surface area (Å²) in [4.78, 5) is 29.4. The van der Waals surface area contributed by atoms with Crippen LogP contribution in [0.25, 0.3) is 0 Å². The molecule has 2 heterocycles. The van der Waals surface area contributed by atoms with Gasteiger partial charge in [-0.25, -0.2) is 13.6 Å². The van der Waals surface area contributed by atoms with E-state index in [2.05, 4.69) is 5.32 Å². The zero-order valence-electron chi connectivity index (χ0n) is 17.3. The molecule has 2 aromatic rings. The predicted octanol–water partition coefficient (Wildman–Crippen LogP) is 1.17. The van der Waals surface area contributed by atoms with E-state index in [1.165, 1.54) is 6.07 Å². The first-order valence-electron chi connectivity index (χ1n) is 10.3. The summed E-state index contributed by atoms with van der Waals surface area (Å²) in [6, 6.07) is 14.1. The number of anilines is 1. The Morgan fingerprint density at radius 1 is 1.16 bits per heavy atom. The van der Waals surface area contributed by atoms with Crippen LogP contribution >= 0.6 is 0 Å². The fraction of sp³-hybridized carbons (Fsp3) is 0.364. The minimum atomic E-state index is -3.80. The van der Waals surface area contributed by atoms with Crippen LogP contribution in [0.1, 0.15) is 30.5 Å². The lowest BCUT2D eigenvalue weighted by atomic mass is 10.0. The SMILES string of the molecule is C[C@@H]1Cc2cc(S(N)(=O)=O)ccc2N1C(=O)CN1CCNC(=O)C[C@@H]1c1ccccc1. The summed E-state index contributed by atoms with van der Waals surface area (Å²) < 4.78 is 23.4. The Labute approximate surface area is 182 Å². The topological polar surface area (TPSA) is 113 Å². The Morgan fingerprint density at radius 2 is 1.90 bits per heavy atom. The van der Waals surface area contributed by atoms with Crippen molar-refractivity contribution in [1.82, 2.24) is 10.2 Å². The molecule has 0 saturated carbocycles. The van der Waals surface area contributed by atoms with Crippen molar-refractivity contribution in [3.8, 4) is 0 Å². The summed E-state index contributed by atoms with van der Waals surface area (Å²) in [7, 11) is -3.80. The van der Waals surface area contributed by atoms with Crippen LogP contribution in [0.4, 0.5) is 5.69 Å². The molecular formula is C22H26N4O4S. The normalized spacial score (nSPS) is 22.0. The number of nitrogens with zero attached hydrogens (tertiary/aromatic N) is 2. The third-order valence-electron chi connectivity index (χ3n) is 5.93. The quantitative estimate of drug-likeness (QED) is 0.738. The zero-order chi connectivity index (χ0) is 22.2. The number of nitrogens with two attached hydrogens (primary N) is 1. The van der Waals surface area contributed by atoms with Crippen molar-refractivity contribution in [3.63, 3.8) is 0 Å². The molecule has 2 aliphatic heterocycles. The van der Waals surface area contributed by atoms with Crippen LogP contribution in [-0.2, 0) is 26.0 Å². The van der Waals surface area contributed by atoms with Crippen molar-refractivity contribution in [2.75, 3.05) is 24.5 Å². The number of carbonyl (C=O) groups excluding carboxylic acids is 2. The summed E-state index contributed by atoms with van der Waals surface area (Å²) in [5, 5.41) is 8.14. The number of hydrogen-bond acceptors (Lipinski definition) is 5. The molecule has 3 N–H and O–H groups in total. The van der Waals surface area contributed by atoms with Crippen molar-refractivity contribution >= 4 is 27.5 Å². The number of carbonyl (C=O) groups is 2. The Kier molecular flexibility index (Phi) is 5.83. The molecule has 9 heteroatoms. The molecular weight excluding hydrogens is 416 g/mol. The lowest BCUT2D eigenvalue weighted by molar-refractivity contribution is -0.123. The average Bonchev–Trinajstić information content (AvgIpc) is 2.95. The van der Waals surface area contributed by atoms with Gasteiger partial charge in [-0.05, 0) is 42.7 Å². The van der Waals surface area contributed by atoms with Crippen molar-refractivity contribution in [2.45, 2.75) is 36.7 Å². The Morgan fingerprint density at radius 3 is 2.61 bits per heavy atom. The molecule has 2 aromatic carbocycles. The van der Waals surface area contributed by atoms with Gasteiger partial charge >= 0.3 is 0 Å². The van der Waals surface area contributed by atoms with Crippen LogP contribution in [0.2, 0.25) is 0 Å². The van der Waals surface area contributed by atoms with E-state index in [0.717, 1.165) is 11.1 Å². The number of fused-ring (bicyclic) bond motifs is 1. The van der Waals surface area contributed by atoms with Gasteiger partial charge in [0.25, 0.3) is 0 Å². The highest BCUT2D eigenvalue weighted by Crippen LogP contribution is 2.34. The molecule has 2 amide bonds. The Bertz CT molecular complexity index is 1100. The van der Waals surface area contributed by atoms with Gasteiger partial charge in [-0.15, -0.1) is 0 Å². The maximum Gasteiger partial charge on any atom is 0.241 e. The van der Waals surface area contributed by atoms with Crippen molar-refractivity contribution in [1.29, 1.82) is 0 Å². The van der Waals surface area contributed by atoms with Gasteiger partial charge in [0.1, 0.15) is 0 Å². The molecule has 0 unspecified atom stereocenters. The molecule has 0 aliphatic carbocycles. The van der Waals surface area contributed by atoms with Gasteiger partial charge in [0.05, 0.1) is 11.4 Å². The highest BCUT2D eigenvalue weighted by Gasteiger charge is 2.34. The number of nitrogens with one attached hydrogen (secondary N) is 1. The van der Waals surface area contributed by atoms with E-state index in [0.29, 0.717) is 31.6 Å². The molecule has 2 atom stereocenters. The molecule has 31 heavy (non-hydrogen) atoms. The van der Waals surface area contributed by atoms with Gasteiger partial charge in [-0.2, -0.15) is 0 Å². The van der Waals surface area contributed by atoms with Crippen molar-refractivity contribution in [2.24, 2.45) is 5.14 Å². The van der Waals surface area contributed by atoms with E-state index in [4.69, 9.17) is 5.14 Å². The molecule has 2 aliphatic rings. The number of primary sulfonamides is 1. The minimum Gasteiger partial charge on any atom is -0.355 e. The van der Waals surface area contributed by atoms with E-state index in [1.807, 2.05) is 42.2 Å². The lowest BCUT2D eigenvalue weighted by Crippen LogP contribution is -2.44. The average molecular weight is 443 g/mol. The molecule has 0 bridgehead atoms. The maximum atomic E-state index is 13.4. The number of rotatable bonds is 4. The summed E-state index contributed by atoms with van der Waals surface area (Å²) >= 11 is 0. The monoisotopic (exact) mass is 442 g/mol. The van der Waals surface area contributed by atoms with Crippen molar-refractivity contribution < 1.29 is 18.0 Å². The van der Waals surface area contributed by atoms with Gasteiger partial charge in [0, 0.05) is 37.3 Å². The second-order valence-corrected chi connectivity index (χ2v) is 9.66. The molecule has 1 saturated heterocycles. The standard InChI is InChI=1S/C22H26N4O4S/c1-15-11-17-12-18(31(23,29)30)7-8-19(17)26(15)22(28)14-25-10-9-24-21(27)13-20(25)16-5-3-2-4-6-16/h2-8,12,15,20H,9-11,13-14H2,1H3,(H,24,27)(H2,23,29,30)/t15-,20-/m1/s1. The highest BCUT2D eigenvalue weighted by atomic mass is 32.2. The van der Waals surface area contributed by atoms with E-state index >= 15 is 0 Å². The summed E-state index contributed by atoms with van der Waals surface area (Å²) in [5.74, 6) is -0.107. The number of hydrogen-bond donors (Lipinski definition) is 2. The lowest BCUT2D eigenvalue weighted by Gasteiger charge is -2.32.